The van der Waals surface area contributed by atoms with Crippen LogP contribution in [0.5, 0.6) is 0 Å². The molecule has 0 unspecified atom stereocenters. The van der Waals surface area contributed by atoms with Gasteiger partial charge in [-0.3, -0.25) is 0 Å². The van der Waals surface area contributed by atoms with Crippen molar-refractivity contribution in [2.24, 2.45) is 7.05 Å². The van der Waals surface area contributed by atoms with Crippen molar-refractivity contribution in [2.45, 2.75) is 6.92 Å². The Bertz CT molecular complexity index is 466. The molecule has 13 heavy (non-hydrogen) atoms. The Kier molecular flexibility index (Phi) is 1.93. The second-order valence-corrected chi connectivity index (χ2v) is 3.51. The maximum Gasteiger partial charge on any atom is 0.331 e. The van der Waals surface area contributed by atoms with Crippen LogP contribution in [0, 0.1) is 6.92 Å². The minimum atomic E-state index is 0.751. The van der Waals surface area contributed by atoms with E-state index in [0.717, 1.165) is 21.7 Å². The molecular weight excluding hydrogens is 184 g/mol. The van der Waals surface area contributed by atoms with Crippen molar-refractivity contribution in [3.05, 3.63) is 35.1 Å². The summed E-state index contributed by atoms with van der Waals surface area (Å²) < 4.78 is 1.97. The van der Waals surface area contributed by atoms with Crippen LogP contribution in [0.2, 0.25) is 5.02 Å². The number of hydrogen-bond donors (Lipinski definition) is 0. The summed E-state index contributed by atoms with van der Waals surface area (Å²) in [6, 6.07) is 5.84. The van der Waals surface area contributed by atoms with E-state index in [2.05, 4.69) is 4.98 Å². The molecule has 0 atom stereocenters. The number of aryl methyl sites for hydroxylation is 2. The first-order valence-electron chi connectivity index (χ1n) is 4.10. The van der Waals surface area contributed by atoms with Gasteiger partial charge in [0.15, 0.2) is 0 Å². The van der Waals surface area contributed by atoms with Crippen LogP contribution in [0.15, 0.2) is 24.4 Å². The Morgan fingerprint density at radius 2 is 2.08 bits per heavy atom. The van der Waals surface area contributed by atoms with Crippen LogP contribution in [0.1, 0.15) is 5.69 Å². The molecule has 2 aromatic rings. The highest BCUT2D eigenvalue weighted by Crippen LogP contribution is 2.18. The normalized spacial score (nSPS) is 10.7. The molecule has 3 heteroatoms. The Labute approximate surface area is 81.8 Å². The molecular formula is C10H10ClN2+. The maximum atomic E-state index is 6.03. The van der Waals surface area contributed by atoms with Gasteiger partial charge in [-0.05, 0) is 23.2 Å². The van der Waals surface area contributed by atoms with E-state index >= 15 is 0 Å². The number of pyridine rings is 2. The quantitative estimate of drug-likeness (QED) is 0.585. The van der Waals surface area contributed by atoms with E-state index in [0.29, 0.717) is 0 Å². The predicted molar refractivity (Wildman–Crippen MR) is 52.7 cm³/mol. The molecule has 0 N–H and O–H groups in total. The summed E-state index contributed by atoms with van der Waals surface area (Å²) in [7, 11) is 1.96. The lowest BCUT2D eigenvalue weighted by atomic mass is 10.2. The van der Waals surface area contributed by atoms with Gasteiger partial charge in [0.05, 0.1) is 23.7 Å². The topological polar surface area (TPSA) is 16.8 Å². The van der Waals surface area contributed by atoms with Crippen molar-refractivity contribution < 1.29 is 4.57 Å². The summed E-state index contributed by atoms with van der Waals surface area (Å²) in [5.74, 6) is 0. The highest BCUT2D eigenvalue weighted by molar-refractivity contribution is 6.34. The van der Waals surface area contributed by atoms with Gasteiger partial charge in [-0.1, -0.05) is 11.6 Å². The number of nitrogens with zero attached hydrogens (tertiary/aromatic N) is 2. The molecule has 66 valence electrons. The minimum absolute atomic E-state index is 0.751. The molecule has 2 aromatic heterocycles. The van der Waals surface area contributed by atoms with Crippen LogP contribution in [0.25, 0.3) is 11.0 Å². The molecule has 2 rings (SSSR count). The standard InChI is InChI=1S/C10H10ClN2/c1-7-3-4-8-9(11)5-6-13(2)10(8)12-7/h3-6H,1-2H3/q+1. The van der Waals surface area contributed by atoms with Gasteiger partial charge >= 0.3 is 5.65 Å². The monoisotopic (exact) mass is 193 g/mol. The van der Waals surface area contributed by atoms with Gasteiger partial charge in [-0.2, -0.15) is 0 Å². The van der Waals surface area contributed by atoms with Crippen molar-refractivity contribution in [3.8, 4) is 0 Å². The lowest BCUT2D eigenvalue weighted by Gasteiger charge is -1.97. The van der Waals surface area contributed by atoms with Gasteiger partial charge in [-0.25, -0.2) is 4.57 Å². The molecule has 0 saturated carbocycles. The lowest BCUT2D eigenvalue weighted by Crippen LogP contribution is -2.29. The number of halogens is 1. The Morgan fingerprint density at radius 1 is 1.31 bits per heavy atom. The van der Waals surface area contributed by atoms with Crippen molar-refractivity contribution in [3.63, 3.8) is 0 Å². The average Bonchev–Trinajstić information content (AvgIpc) is 2.12. The van der Waals surface area contributed by atoms with Crippen LogP contribution >= 0.6 is 11.6 Å². The summed E-state index contributed by atoms with van der Waals surface area (Å²) in [6.45, 7) is 1.97. The van der Waals surface area contributed by atoms with Gasteiger partial charge in [0, 0.05) is 6.92 Å². The molecule has 0 bridgehead atoms. The Morgan fingerprint density at radius 3 is 2.85 bits per heavy atom. The van der Waals surface area contributed by atoms with Gasteiger partial charge < -0.3 is 0 Å². The van der Waals surface area contributed by atoms with Crippen LogP contribution < -0.4 is 4.57 Å². The first kappa shape index (κ1) is 8.45. The third kappa shape index (κ3) is 1.38. The number of rotatable bonds is 0. The van der Waals surface area contributed by atoms with E-state index in [1.165, 1.54) is 0 Å². The summed E-state index contributed by atoms with van der Waals surface area (Å²) in [5, 5.41) is 1.75. The van der Waals surface area contributed by atoms with E-state index in [9.17, 15) is 0 Å². The van der Waals surface area contributed by atoms with Gasteiger partial charge in [0.1, 0.15) is 5.69 Å². The van der Waals surface area contributed by atoms with Crippen LogP contribution in [0.4, 0.5) is 0 Å². The molecule has 0 amide bonds. The zero-order valence-corrected chi connectivity index (χ0v) is 8.34. The first-order valence-corrected chi connectivity index (χ1v) is 4.48. The second kappa shape index (κ2) is 2.96. The molecule has 0 aromatic carbocycles. The fourth-order valence-electron chi connectivity index (χ4n) is 1.34. The van der Waals surface area contributed by atoms with E-state index in [1.807, 2.05) is 42.9 Å². The largest absolute Gasteiger partial charge is 0.331 e. The average molecular weight is 194 g/mol. The molecule has 0 radical (unpaired) electrons. The van der Waals surface area contributed by atoms with Crippen LogP contribution in [-0.2, 0) is 7.05 Å². The van der Waals surface area contributed by atoms with Crippen LogP contribution in [-0.4, -0.2) is 4.98 Å². The van der Waals surface area contributed by atoms with Gasteiger partial charge in [-0.15, -0.1) is 0 Å². The summed E-state index contributed by atoms with van der Waals surface area (Å²) >= 11 is 6.03. The summed E-state index contributed by atoms with van der Waals surface area (Å²) in [4.78, 5) is 4.41. The van der Waals surface area contributed by atoms with E-state index < -0.39 is 0 Å². The third-order valence-electron chi connectivity index (χ3n) is 2.05. The van der Waals surface area contributed by atoms with Crippen molar-refractivity contribution in [1.29, 1.82) is 0 Å². The molecule has 0 aliphatic carbocycles. The SMILES string of the molecule is Cc1ccc2c(Cl)cc[n+](C)c2n1. The van der Waals surface area contributed by atoms with Crippen LogP contribution in [0.3, 0.4) is 0 Å². The first-order chi connectivity index (χ1) is 6.18. The summed E-state index contributed by atoms with van der Waals surface area (Å²) in [5.41, 5.74) is 1.93. The second-order valence-electron chi connectivity index (χ2n) is 3.10. The Balaban J connectivity index is 2.92. The summed E-state index contributed by atoms with van der Waals surface area (Å²) in [6.07, 6.45) is 1.91. The predicted octanol–water partition coefficient (Wildman–Crippen LogP) is 2.02. The molecule has 0 fully saturated rings. The zero-order chi connectivity index (χ0) is 9.42. The number of hydrogen-bond acceptors (Lipinski definition) is 1. The maximum absolute atomic E-state index is 6.03. The van der Waals surface area contributed by atoms with E-state index in [4.69, 9.17) is 11.6 Å². The fourth-order valence-corrected chi connectivity index (χ4v) is 1.54. The molecule has 0 aliphatic rings. The van der Waals surface area contributed by atoms with Crippen molar-refractivity contribution in [1.82, 2.24) is 4.98 Å². The zero-order valence-electron chi connectivity index (χ0n) is 7.58. The third-order valence-corrected chi connectivity index (χ3v) is 2.38. The molecule has 0 aliphatic heterocycles. The molecule has 0 spiro atoms. The minimum Gasteiger partial charge on any atom is -0.233 e. The Hall–Kier alpha value is -1.15. The van der Waals surface area contributed by atoms with Crippen molar-refractivity contribution in [2.75, 3.05) is 0 Å². The van der Waals surface area contributed by atoms with E-state index in [-0.39, 0.29) is 0 Å². The van der Waals surface area contributed by atoms with Crippen molar-refractivity contribution >= 4 is 22.6 Å². The highest BCUT2D eigenvalue weighted by atomic mass is 35.5. The van der Waals surface area contributed by atoms with Gasteiger partial charge in [0.2, 0.25) is 0 Å². The lowest BCUT2D eigenvalue weighted by molar-refractivity contribution is -0.646. The fraction of sp³-hybridized carbons (Fsp3) is 0.200. The van der Waals surface area contributed by atoms with Gasteiger partial charge in [0.25, 0.3) is 0 Å². The molecule has 2 nitrogen and oxygen atoms in total. The smallest absolute Gasteiger partial charge is 0.233 e. The highest BCUT2D eigenvalue weighted by Gasteiger charge is 2.10. The molecule has 0 saturated heterocycles. The number of aromatic nitrogens is 2. The number of fused-ring (bicyclic) bond motifs is 1. The molecule has 2 heterocycles. The van der Waals surface area contributed by atoms with E-state index in [1.54, 1.807) is 0 Å².